The number of amides is 1. The van der Waals surface area contributed by atoms with E-state index in [0.717, 1.165) is 38.8 Å². The predicted octanol–water partition coefficient (Wildman–Crippen LogP) is 4.45. The third kappa shape index (κ3) is 2.95. The lowest BCUT2D eigenvalue weighted by Crippen LogP contribution is -2.36. The standard InChI is InChI=1S/C22H23NO2/c1-25-22(24)23-14-12-18(13-15-23)21-19-8-4-2-6-16(19)10-11-17-7-3-5-9-20(17)21/h2-9H,10-15H2,1H3. The predicted molar refractivity (Wildman–Crippen MR) is 99.5 cm³/mol. The minimum absolute atomic E-state index is 0.217. The summed E-state index contributed by atoms with van der Waals surface area (Å²) in [5.41, 5.74) is 8.45. The lowest BCUT2D eigenvalue weighted by Gasteiger charge is -2.29. The molecule has 3 nitrogen and oxygen atoms in total. The Labute approximate surface area is 148 Å². The van der Waals surface area contributed by atoms with Gasteiger partial charge in [-0.1, -0.05) is 54.1 Å². The van der Waals surface area contributed by atoms with Gasteiger partial charge in [0, 0.05) is 13.1 Å². The lowest BCUT2D eigenvalue weighted by molar-refractivity contribution is 0.120. The molecule has 4 rings (SSSR count). The van der Waals surface area contributed by atoms with E-state index in [-0.39, 0.29) is 6.09 Å². The number of benzene rings is 2. The molecule has 3 heteroatoms. The average molecular weight is 333 g/mol. The zero-order valence-electron chi connectivity index (χ0n) is 14.6. The topological polar surface area (TPSA) is 29.5 Å². The quantitative estimate of drug-likeness (QED) is 0.713. The van der Waals surface area contributed by atoms with E-state index in [1.54, 1.807) is 4.90 Å². The first-order valence-corrected chi connectivity index (χ1v) is 8.99. The van der Waals surface area contributed by atoms with Crippen molar-refractivity contribution in [2.75, 3.05) is 20.2 Å². The van der Waals surface area contributed by atoms with E-state index in [1.807, 2.05) is 0 Å². The fourth-order valence-corrected chi connectivity index (χ4v) is 4.10. The van der Waals surface area contributed by atoms with E-state index in [2.05, 4.69) is 48.5 Å². The Bertz CT molecular complexity index is 778. The summed E-state index contributed by atoms with van der Waals surface area (Å²) in [6.45, 7) is 1.46. The van der Waals surface area contributed by atoms with Gasteiger partial charge in [0.2, 0.25) is 0 Å². The number of hydrogen-bond acceptors (Lipinski definition) is 2. The van der Waals surface area contributed by atoms with Gasteiger partial charge in [-0.15, -0.1) is 0 Å². The summed E-state index contributed by atoms with van der Waals surface area (Å²) >= 11 is 0. The van der Waals surface area contributed by atoms with Crippen molar-refractivity contribution in [2.24, 2.45) is 0 Å². The molecule has 1 heterocycles. The highest BCUT2D eigenvalue weighted by atomic mass is 16.5. The molecule has 2 aromatic rings. The van der Waals surface area contributed by atoms with E-state index >= 15 is 0 Å². The van der Waals surface area contributed by atoms with Crippen LogP contribution in [0.1, 0.15) is 35.1 Å². The molecule has 0 saturated carbocycles. The van der Waals surface area contributed by atoms with Gasteiger partial charge in [-0.25, -0.2) is 4.79 Å². The second-order valence-corrected chi connectivity index (χ2v) is 6.75. The molecule has 0 unspecified atom stereocenters. The smallest absolute Gasteiger partial charge is 0.409 e. The van der Waals surface area contributed by atoms with Crippen molar-refractivity contribution in [3.8, 4) is 0 Å². The molecule has 25 heavy (non-hydrogen) atoms. The average Bonchev–Trinajstić information content (AvgIpc) is 2.84. The maximum Gasteiger partial charge on any atom is 0.409 e. The molecule has 1 saturated heterocycles. The largest absolute Gasteiger partial charge is 0.453 e. The Morgan fingerprint density at radius 1 is 0.840 bits per heavy atom. The molecule has 0 aromatic heterocycles. The molecular formula is C22H23NO2. The van der Waals surface area contributed by atoms with Crippen molar-refractivity contribution in [3.05, 3.63) is 76.4 Å². The van der Waals surface area contributed by atoms with Gasteiger partial charge in [-0.05, 0) is 53.5 Å². The van der Waals surface area contributed by atoms with Gasteiger partial charge in [-0.3, -0.25) is 0 Å². The van der Waals surface area contributed by atoms with Crippen molar-refractivity contribution in [2.45, 2.75) is 25.7 Å². The van der Waals surface area contributed by atoms with E-state index in [4.69, 9.17) is 4.74 Å². The van der Waals surface area contributed by atoms with Gasteiger partial charge < -0.3 is 9.64 Å². The molecule has 0 N–H and O–H groups in total. The van der Waals surface area contributed by atoms with Gasteiger partial charge in [0.05, 0.1) is 7.11 Å². The summed E-state index contributed by atoms with van der Waals surface area (Å²) in [5.74, 6) is 0. The maximum absolute atomic E-state index is 11.8. The van der Waals surface area contributed by atoms with Crippen LogP contribution in [0.4, 0.5) is 4.79 Å². The minimum Gasteiger partial charge on any atom is -0.453 e. The van der Waals surface area contributed by atoms with Crippen LogP contribution < -0.4 is 0 Å². The minimum atomic E-state index is -0.217. The summed E-state index contributed by atoms with van der Waals surface area (Å²) in [6, 6.07) is 17.6. The molecular weight excluding hydrogens is 310 g/mol. The van der Waals surface area contributed by atoms with E-state index in [1.165, 1.54) is 40.5 Å². The van der Waals surface area contributed by atoms with Crippen LogP contribution in [0.25, 0.3) is 5.57 Å². The lowest BCUT2D eigenvalue weighted by atomic mass is 9.86. The number of piperidine rings is 1. The first-order valence-electron chi connectivity index (χ1n) is 8.99. The van der Waals surface area contributed by atoms with Crippen LogP contribution in [0.2, 0.25) is 0 Å². The van der Waals surface area contributed by atoms with Gasteiger partial charge in [-0.2, -0.15) is 0 Å². The fourth-order valence-electron chi connectivity index (χ4n) is 4.10. The highest BCUT2D eigenvalue weighted by Crippen LogP contribution is 2.38. The molecule has 0 spiro atoms. The molecule has 1 fully saturated rings. The Kier molecular flexibility index (Phi) is 4.31. The van der Waals surface area contributed by atoms with Crippen LogP contribution >= 0.6 is 0 Å². The second-order valence-electron chi connectivity index (χ2n) is 6.75. The number of hydrogen-bond donors (Lipinski definition) is 0. The van der Waals surface area contributed by atoms with E-state index in [9.17, 15) is 4.79 Å². The van der Waals surface area contributed by atoms with Gasteiger partial charge in [0.1, 0.15) is 0 Å². The number of likely N-dealkylation sites (tertiary alicyclic amines) is 1. The van der Waals surface area contributed by atoms with Crippen LogP contribution in [0, 0.1) is 0 Å². The molecule has 0 radical (unpaired) electrons. The number of methoxy groups -OCH3 is 1. The summed E-state index contributed by atoms with van der Waals surface area (Å²) in [7, 11) is 1.45. The number of nitrogens with zero attached hydrogens (tertiary/aromatic N) is 1. The first-order chi connectivity index (χ1) is 12.3. The number of carbonyl (C=O) groups is 1. The highest BCUT2D eigenvalue weighted by molar-refractivity contribution is 5.86. The Hall–Kier alpha value is -2.55. The molecule has 1 aliphatic carbocycles. The third-order valence-corrected chi connectivity index (χ3v) is 5.39. The van der Waals surface area contributed by atoms with Crippen molar-refractivity contribution in [1.82, 2.24) is 4.90 Å². The number of ether oxygens (including phenoxy) is 1. The summed E-state index contributed by atoms with van der Waals surface area (Å²) in [6.07, 6.45) is 3.77. The fraction of sp³-hybridized carbons (Fsp3) is 0.318. The number of fused-ring (bicyclic) bond motifs is 2. The molecule has 2 aliphatic rings. The normalized spacial score (nSPS) is 16.8. The summed E-state index contributed by atoms with van der Waals surface area (Å²) in [5, 5.41) is 0. The number of rotatable bonds is 0. The Morgan fingerprint density at radius 3 is 1.88 bits per heavy atom. The van der Waals surface area contributed by atoms with Crippen LogP contribution in [0.5, 0.6) is 0 Å². The number of aryl methyl sites for hydroxylation is 2. The van der Waals surface area contributed by atoms with Crippen LogP contribution in [-0.4, -0.2) is 31.2 Å². The van der Waals surface area contributed by atoms with Crippen molar-refractivity contribution < 1.29 is 9.53 Å². The molecule has 0 bridgehead atoms. The molecule has 1 amide bonds. The van der Waals surface area contributed by atoms with Gasteiger partial charge in [0.15, 0.2) is 0 Å². The molecule has 0 atom stereocenters. The highest BCUT2D eigenvalue weighted by Gasteiger charge is 2.25. The van der Waals surface area contributed by atoms with Crippen molar-refractivity contribution in [1.29, 1.82) is 0 Å². The molecule has 1 aliphatic heterocycles. The van der Waals surface area contributed by atoms with E-state index in [0.29, 0.717) is 0 Å². The zero-order valence-corrected chi connectivity index (χ0v) is 14.6. The summed E-state index contributed by atoms with van der Waals surface area (Å²) < 4.78 is 4.87. The number of carbonyl (C=O) groups excluding carboxylic acids is 1. The third-order valence-electron chi connectivity index (χ3n) is 5.39. The molecule has 128 valence electrons. The van der Waals surface area contributed by atoms with Gasteiger partial charge in [0.25, 0.3) is 0 Å². The van der Waals surface area contributed by atoms with Crippen molar-refractivity contribution in [3.63, 3.8) is 0 Å². The SMILES string of the molecule is COC(=O)N1CCC(=C2c3ccccc3CCc3ccccc32)CC1. The van der Waals surface area contributed by atoms with Crippen LogP contribution in [0.3, 0.4) is 0 Å². The molecule has 2 aromatic carbocycles. The monoisotopic (exact) mass is 333 g/mol. The first kappa shape index (κ1) is 15.9. The van der Waals surface area contributed by atoms with Crippen LogP contribution in [0.15, 0.2) is 54.1 Å². The Morgan fingerprint density at radius 2 is 1.36 bits per heavy atom. The van der Waals surface area contributed by atoms with Crippen LogP contribution in [-0.2, 0) is 17.6 Å². The second kappa shape index (κ2) is 6.75. The van der Waals surface area contributed by atoms with Crippen molar-refractivity contribution >= 4 is 11.7 Å². The van der Waals surface area contributed by atoms with Gasteiger partial charge >= 0.3 is 6.09 Å². The zero-order chi connectivity index (χ0) is 17.2. The van der Waals surface area contributed by atoms with E-state index < -0.39 is 0 Å². The summed E-state index contributed by atoms with van der Waals surface area (Å²) in [4.78, 5) is 13.6. The Balaban J connectivity index is 1.80. The maximum atomic E-state index is 11.8.